The molecule has 2 aliphatic rings. The lowest BCUT2D eigenvalue weighted by molar-refractivity contribution is -0.139. The van der Waals surface area contributed by atoms with Gasteiger partial charge in [-0.05, 0) is 57.6 Å². The van der Waals surface area contributed by atoms with Crippen LogP contribution in [0.2, 0.25) is 0 Å². The first kappa shape index (κ1) is 17.0. The average molecular weight is 330 g/mol. The molecule has 24 heavy (non-hydrogen) atoms. The van der Waals surface area contributed by atoms with Gasteiger partial charge >= 0.3 is 5.97 Å². The van der Waals surface area contributed by atoms with Gasteiger partial charge < -0.3 is 10.4 Å². The van der Waals surface area contributed by atoms with Gasteiger partial charge in [-0.15, -0.1) is 0 Å². The van der Waals surface area contributed by atoms with Crippen LogP contribution < -0.4 is 5.32 Å². The van der Waals surface area contributed by atoms with E-state index in [4.69, 9.17) is 5.11 Å². The third-order valence-electron chi connectivity index (χ3n) is 4.98. The molecule has 0 saturated heterocycles. The lowest BCUT2D eigenvalue weighted by Crippen LogP contribution is -2.55. The summed E-state index contributed by atoms with van der Waals surface area (Å²) in [4.78, 5) is 25.5. The first-order valence-corrected chi connectivity index (χ1v) is 8.75. The topological polar surface area (TPSA) is 69.6 Å². The Morgan fingerprint density at radius 2 is 1.79 bits per heavy atom. The molecule has 0 spiro atoms. The SMILES string of the molecule is Cc1cc(C)cc(C(=O)NC2CC(N(CC(=O)O)CC3CC3)C2)c1. The number of carbonyl (C=O) groups excluding carboxylic acids is 1. The highest BCUT2D eigenvalue weighted by atomic mass is 16.4. The number of aliphatic carboxylic acids is 1. The number of carboxylic acid groups (broad SMARTS) is 1. The molecule has 2 fully saturated rings. The average Bonchev–Trinajstić information content (AvgIpc) is 3.23. The Morgan fingerprint density at radius 1 is 1.17 bits per heavy atom. The van der Waals surface area contributed by atoms with Gasteiger partial charge in [0.15, 0.2) is 0 Å². The molecular formula is C19H26N2O3. The fraction of sp³-hybridized carbons (Fsp3) is 0.579. The van der Waals surface area contributed by atoms with E-state index in [1.807, 2.05) is 26.0 Å². The molecule has 0 heterocycles. The van der Waals surface area contributed by atoms with E-state index >= 15 is 0 Å². The molecule has 1 aromatic rings. The molecule has 2 aliphatic carbocycles. The molecule has 0 unspecified atom stereocenters. The third kappa shape index (κ3) is 4.35. The van der Waals surface area contributed by atoms with Crippen LogP contribution in [0.5, 0.6) is 0 Å². The van der Waals surface area contributed by atoms with Crippen LogP contribution in [0.15, 0.2) is 18.2 Å². The van der Waals surface area contributed by atoms with E-state index < -0.39 is 5.97 Å². The molecule has 130 valence electrons. The normalized spacial score (nSPS) is 23.0. The standard InChI is InChI=1S/C19H26N2O3/c1-12-5-13(2)7-15(6-12)19(24)20-16-8-17(9-16)21(11-18(22)23)10-14-3-4-14/h5-7,14,16-17H,3-4,8-11H2,1-2H3,(H,20,24)(H,22,23). The van der Waals surface area contributed by atoms with Crippen molar-refractivity contribution in [3.05, 3.63) is 34.9 Å². The van der Waals surface area contributed by atoms with Crippen molar-refractivity contribution in [2.75, 3.05) is 13.1 Å². The Morgan fingerprint density at radius 3 is 2.33 bits per heavy atom. The summed E-state index contributed by atoms with van der Waals surface area (Å²) in [6.45, 7) is 4.98. The van der Waals surface area contributed by atoms with Crippen LogP contribution in [0.4, 0.5) is 0 Å². The molecule has 0 radical (unpaired) electrons. The minimum atomic E-state index is -0.765. The zero-order valence-electron chi connectivity index (χ0n) is 14.4. The Hall–Kier alpha value is -1.88. The number of carboxylic acids is 1. The van der Waals surface area contributed by atoms with E-state index in [1.165, 1.54) is 12.8 Å². The molecule has 0 bridgehead atoms. The minimum absolute atomic E-state index is 0.0303. The summed E-state index contributed by atoms with van der Waals surface area (Å²) in [6, 6.07) is 6.30. The maximum absolute atomic E-state index is 12.4. The van der Waals surface area contributed by atoms with Crippen molar-refractivity contribution in [1.29, 1.82) is 0 Å². The zero-order valence-corrected chi connectivity index (χ0v) is 14.4. The molecular weight excluding hydrogens is 304 g/mol. The highest BCUT2D eigenvalue weighted by molar-refractivity contribution is 5.94. The second-order valence-corrected chi connectivity index (χ2v) is 7.44. The summed E-state index contributed by atoms with van der Waals surface area (Å²) >= 11 is 0. The molecule has 1 amide bonds. The van der Waals surface area contributed by atoms with E-state index in [9.17, 15) is 9.59 Å². The molecule has 5 nitrogen and oxygen atoms in total. The van der Waals surface area contributed by atoms with Crippen LogP contribution in [-0.2, 0) is 4.79 Å². The lowest BCUT2D eigenvalue weighted by Gasteiger charge is -2.42. The summed E-state index contributed by atoms with van der Waals surface area (Å²) in [6.07, 6.45) is 4.12. The number of hydrogen-bond acceptors (Lipinski definition) is 3. The van der Waals surface area contributed by atoms with E-state index in [-0.39, 0.29) is 24.5 Å². The molecule has 5 heteroatoms. The van der Waals surface area contributed by atoms with E-state index in [1.54, 1.807) is 0 Å². The smallest absolute Gasteiger partial charge is 0.317 e. The van der Waals surface area contributed by atoms with Gasteiger partial charge in [-0.2, -0.15) is 0 Å². The predicted molar refractivity (Wildman–Crippen MR) is 92.1 cm³/mol. The van der Waals surface area contributed by atoms with Crippen LogP contribution >= 0.6 is 0 Å². The molecule has 2 N–H and O–H groups in total. The number of nitrogens with zero attached hydrogens (tertiary/aromatic N) is 1. The number of aryl methyl sites for hydroxylation is 2. The van der Waals surface area contributed by atoms with Crippen LogP contribution in [-0.4, -0.2) is 47.1 Å². The fourth-order valence-electron chi connectivity index (χ4n) is 3.53. The van der Waals surface area contributed by atoms with Gasteiger partial charge in [0.25, 0.3) is 5.91 Å². The molecule has 1 aromatic carbocycles. The van der Waals surface area contributed by atoms with Crippen molar-refractivity contribution in [2.45, 2.75) is 51.6 Å². The first-order chi connectivity index (χ1) is 11.4. The Balaban J connectivity index is 1.51. The van der Waals surface area contributed by atoms with Gasteiger partial charge in [-0.3, -0.25) is 14.5 Å². The molecule has 0 aliphatic heterocycles. The van der Waals surface area contributed by atoms with Crippen molar-refractivity contribution in [3.63, 3.8) is 0 Å². The van der Waals surface area contributed by atoms with Gasteiger partial charge in [0.1, 0.15) is 0 Å². The largest absolute Gasteiger partial charge is 0.480 e. The van der Waals surface area contributed by atoms with Crippen molar-refractivity contribution in [3.8, 4) is 0 Å². The van der Waals surface area contributed by atoms with E-state index in [2.05, 4.69) is 16.3 Å². The van der Waals surface area contributed by atoms with Gasteiger partial charge in [0, 0.05) is 24.2 Å². The van der Waals surface area contributed by atoms with Gasteiger partial charge in [-0.25, -0.2) is 0 Å². The Labute approximate surface area is 143 Å². The number of rotatable bonds is 7. The summed E-state index contributed by atoms with van der Waals surface area (Å²) in [5, 5.41) is 12.2. The third-order valence-corrected chi connectivity index (χ3v) is 4.98. The molecule has 0 aromatic heterocycles. The summed E-state index contributed by atoms with van der Waals surface area (Å²) < 4.78 is 0. The van der Waals surface area contributed by atoms with E-state index in [0.717, 1.165) is 30.5 Å². The number of amides is 1. The maximum Gasteiger partial charge on any atom is 0.317 e. The first-order valence-electron chi connectivity index (χ1n) is 8.75. The highest BCUT2D eigenvalue weighted by Gasteiger charge is 2.37. The maximum atomic E-state index is 12.4. The lowest BCUT2D eigenvalue weighted by atomic mass is 9.85. The minimum Gasteiger partial charge on any atom is -0.480 e. The monoisotopic (exact) mass is 330 g/mol. The second-order valence-electron chi connectivity index (χ2n) is 7.44. The van der Waals surface area contributed by atoms with Crippen LogP contribution in [0.1, 0.15) is 47.2 Å². The molecule has 0 atom stereocenters. The highest BCUT2D eigenvalue weighted by Crippen LogP contribution is 2.33. The van der Waals surface area contributed by atoms with Crippen molar-refractivity contribution >= 4 is 11.9 Å². The van der Waals surface area contributed by atoms with Crippen molar-refractivity contribution in [2.24, 2.45) is 5.92 Å². The Kier molecular flexibility index (Phi) is 4.90. The van der Waals surface area contributed by atoms with Crippen molar-refractivity contribution in [1.82, 2.24) is 10.2 Å². The fourth-order valence-corrected chi connectivity index (χ4v) is 3.53. The predicted octanol–water partition coefficient (Wildman–Crippen LogP) is 2.36. The van der Waals surface area contributed by atoms with E-state index in [0.29, 0.717) is 11.5 Å². The summed E-state index contributed by atoms with van der Waals surface area (Å²) in [5.41, 5.74) is 2.88. The number of benzene rings is 1. The summed E-state index contributed by atoms with van der Waals surface area (Å²) in [7, 11) is 0. The van der Waals surface area contributed by atoms with Crippen LogP contribution in [0, 0.1) is 19.8 Å². The zero-order chi connectivity index (χ0) is 17.3. The van der Waals surface area contributed by atoms with Crippen molar-refractivity contribution < 1.29 is 14.7 Å². The second kappa shape index (κ2) is 6.93. The molecule has 2 saturated carbocycles. The number of nitrogens with one attached hydrogen (secondary N) is 1. The number of carbonyl (C=O) groups is 2. The van der Waals surface area contributed by atoms with Gasteiger partial charge in [0.2, 0.25) is 0 Å². The summed E-state index contributed by atoms with van der Waals surface area (Å²) in [5.74, 6) is -0.121. The molecule has 3 rings (SSSR count). The van der Waals surface area contributed by atoms with Crippen LogP contribution in [0.3, 0.4) is 0 Å². The quantitative estimate of drug-likeness (QED) is 0.805. The van der Waals surface area contributed by atoms with Crippen LogP contribution in [0.25, 0.3) is 0 Å². The van der Waals surface area contributed by atoms with Gasteiger partial charge in [-0.1, -0.05) is 17.2 Å². The Bertz CT molecular complexity index is 613. The van der Waals surface area contributed by atoms with Gasteiger partial charge in [0.05, 0.1) is 6.54 Å². The number of hydrogen-bond donors (Lipinski definition) is 2.